The van der Waals surface area contributed by atoms with Crippen molar-refractivity contribution in [3.63, 3.8) is 0 Å². The molecule has 1 aromatic rings. The first-order chi connectivity index (χ1) is 9.86. The number of fused-ring (bicyclic) bond motifs is 1. The molecule has 7 heteroatoms. The average Bonchev–Trinajstić information content (AvgIpc) is 2.64. The number of likely N-dealkylation sites (N-methyl/N-ethyl adjacent to an activating group) is 2. The van der Waals surface area contributed by atoms with Crippen molar-refractivity contribution in [2.75, 3.05) is 26.7 Å². The molecule has 1 aromatic carbocycles. The molecule has 0 saturated carbocycles. The first kappa shape index (κ1) is 15.9. The number of sulfonamides is 1. The highest BCUT2D eigenvalue weighted by Gasteiger charge is 2.28. The van der Waals surface area contributed by atoms with Gasteiger partial charge in [0.15, 0.2) is 0 Å². The number of nitrogens with one attached hydrogen (secondary N) is 1. The Labute approximate surface area is 125 Å². The molecule has 0 aromatic heterocycles. The van der Waals surface area contributed by atoms with E-state index in [9.17, 15) is 13.2 Å². The van der Waals surface area contributed by atoms with Crippen molar-refractivity contribution in [3.8, 4) is 0 Å². The van der Waals surface area contributed by atoms with E-state index in [2.05, 4.69) is 10.2 Å². The molecule has 21 heavy (non-hydrogen) atoms. The summed E-state index contributed by atoms with van der Waals surface area (Å²) in [6, 6.07) is 4.79. The van der Waals surface area contributed by atoms with E-state index in [1.165, 1.54) is 6.07 Å². The van der Waals surface area contributed by atoms with Crippen LogP contribution in [0.4, 0.5) is 0 Å². The number of hydrogen-bond acceptors (Lipinski definition) is 4. The first-order valence-electron chi connectivity index (χ1n) is 6.96. The minimum atomic E-state index is -3.72. The fraction of sp³-hybridized carbons (Fsp3) is 0.500. The van der Waals surface area contributed by atoms with Crippen LogP contribution in [-0.4, -0.2) is 45.9 Å². The quantitative estimate of drug-likeness (QED) is 0.824. The monoisotopic (exact) mass is 311 g/mol. The van der Waals surface area contributed by atoms with Gasteiger partial charge in [-0.25, -0.2) is 13.6 Å². The smallest absolute Gasteiger partial charge is 0.238 e. The van der Waals surface area contributed by atoms with Crippen molar-refractivity contribution >= 4 is 15.9 Å². The molecular weight excluding hydrogens is 290 g/mol. The molecule has 1 unspecified atom stereocenters. The highest BCUT2D eigenvalue weighted by Crippen LogP contribution is 2.27. The van der Waals surface area contributed by atoms with Crippen LogP contribution in [0.3, 0.4) is 0 Å². The predicted molar refractivity (Wildman–Crippen MR) is 80.4 cm³/mol. The van der Waals surface area contributed by atoms with Crippen LogP contribution in [0.15, 0.2) is 23.1 Å². The van der Waals surface area contributed by atoms with E-state index in [1.54, 1.807) is 19.2 Å². The van der Waals surface area contributed by atoms with E-state index in [0.717, 1.165) is 24.2 Å². The number of amides is 1. The van der Waals surface area contributed by atoms with Crippen molar-refractivity contribution in [1.82, 2.24) is 10.2 Å². The molecule has 0 saturated heterocycles. The number of nitrogens with two attached hydrogens (primary N) is 1. The van der Waals surface area contributed by atoms with E-state index >= 15 is 0 Å². The number of primary sulfonamides is 1. The van der Waals surface area contributed by atoms with Crippen LogP contribution in [0.2, 0.25) is 0 Å². The van der Waals surface area contributed by atoms with E-state index in [0.29, 0.717) is 13.0 Å². The van der Waals surface area contributed by atoms with Crippen LogP contribution in [0.5, 0.6) is 0 Å². The minimum absolute atomic E-state index is 0.0556. The summed E-state index contributed by atoms with van der Waals surface area (Å²) in [6.07, 6.45) is 0.708. The number of rotatable bonds is 3. The summed E-state index contributed by atoms with van der Waals surface area (Å²) in [5, 5.41) is 7.87. The molecule has 1 atom stereocenters. The van der Waals surface area contributed by atoms with Crippen LogP contribution < -0.4 is 10.5 Å². The lowest BCUT2D eigenvalue weighted by Gasteiger charge is -2.22. The standard InChI is InChI=1S/C14H21N3O3S/c1-3-17-7-6-10-8-11(21(15,19)20)4-5-12(10)13(9-17)14(18)16-2/h4-5,8,13H,3,6-7,9H2,1-2H3,(H,16,18)(H2,15,19,20). The van der Waals surface area contributed by atoms with Gasteiger partial charge in [0.25, 0.3) is 0 Å². The van der Waals surface area contributed by atoms with Gasteiger partial charge in [0.1, 0.15) is 0 Å². The van der Waals surface area contributed by atoms with E-state index < -0.39 is 10.0 Å². The van der Waals surface area contributed by atoms with Gasteiger partial charge in [-0.1, -0.05) is 13.0 Å². The molecule has 2 rings (SSSR count). The van der Waals surface area contributed by atoms with Gasteiger partial charge in [-0.2, -0.15) is 0 Å². The third kappa shape index (κ3) is 3.42. The number of carbonyl (C=O) groups excluding carboxylic acids is 1. The van der Waals surface area contributed by atoms with Crippen molar-refractivity contribution in [2.45, 2.75) is 24.2 Å². The lowest BCUT2D eigenvalue weighted by Crippen LogP contribution is -2.35. The second-order valence-corrected chi connectivity index (χ2v) is 6.78. The average molecular weight is 311 g/mol. The molecule has 1 heterocycles. The zero-order valence-electron chi connectivity index (χ0n) is 12.3. The molecule has 0 spiro atoms. The van der Waals surface area contributed by atoms with Crippen LogP contribution in [0, 0.1) is 0 Å². The number of benzene rings is 1. The predicted octanol–water partition coefficient (Wildman–Crippen LogP) is 0.0416. The highest BCUT2D eigenvalue weighted by atomic mass is 32.2. The zero-order chi connectivity index (χ0) is 15.6. The zero-order valence-corrected chi connectivity index (χ0v) is 13.1. The second-order valence-electron chi connectivity index (χ2n) is 5.22. The van der Waals surface area contributed by atoms with Crippen LogP contribution in [-0.2, 0) is 21.2 Å². The topological polar surface area (TPSA) is 92.5 Å². The molecule has 3 N–H and O–H groups in total. The van der Waals surface area contributed by atoms with Crippen LogP contribution in [0.1, 0.15) is 24.0 Å². The molecule has 1 amide bonds. The van der Waals surface area contributed by atoms with Crippen LogP contribution >= 0.6 is 0 Å². The number of nitrogens with zero attached hydrogens (tertiary/aromatic N) is 1. The molecule has 116 valence electrons. The van der Waals surface area contributed by atoms with E-state index in [4.69, 9.17) is 5.14 Å². The largest absolute Gasteiger partial charge is 0.359 e. The van der Waals surface area contributed by atoms with Crippen molar-refractivity contribution in [3.05, 3.63) is 29.3 Å². The first-order valence-corrected chi connectivity index (χ1v) is 8.51. The Kier molecular flexibility index (Phi) is 4.65. The van der Waals surface area contributed by atoms with Crippen molar-refractivity contribution < 1.29 is 13.2 Å². The van der Waals surface area contributed by atoms with Crippen molar-refractivity contribution in [2.24, 2.45) is 5.14 Å². The Morgan fingerprint density at radius 1 is 1.48 bits per heavy atom. The Morgan fingerprint density at radius 3 is 2.76 bits per heavy atom. The second kappa shape index (κ2) is 6.13. The molecule has 1 aliphatic heterocycles. The molecular formula is C14H21N3O3S. The Bertz CT molecular complexity index is 643. The lowest BCUT2D eigenvalue weighted by atomic mass is 9.93. The summed E-state index contributed by atoms with van der Waals surface area (Å²) < 4.78 is 23.0. The summed E-state index contributed by atoms with van der Waals surface area (Å²) >= 11 is 0. The molecule has 1 aliphatic rings. The molecule has 0 aliphatic carbocycles. The summed E-state index contributed by atoms with van der Waals surface area (Å²) in [4.78, 5) is 14.4. The summed E-state index contributed by atoms with van der Waals surface area (Å²) in [5.74, 6) is -0.345. The fourth-order valence-corrected chi connectivity index (χ4v) is 3.29. The van der Waals surface area contributed by atoms with Gasteiger partial charge in [-0.05, 0) is 36.2 Å². The maximum absolute atomic E-state index is 12.1. The minimum Gasteiger partial charge on any atom is -0.359 e. The van der Waals surface area contributed by atoms with Gasteiger partial charge in [0.2, 0.25) is 15.9 Å². The highest BCUT2D eigenvalue weighted by molar-refractivity contribution is 7.89. The summed E-state index contributed by atoms with van der Waals surface area (Å²) in [7, 11) is -2.11. The van der Waals surface area contributed by atoms with E-state index in [-0.39, 0.29) is 16.7 Å². The molecule has 0 fully saturated rings. The maximum atomic E-state index is 12.1. The Morgan fingerprint density at radius 2 is 2.19 bits per heavy atom. The summed E-state index contributed by atoms with van der Waals surface area (Å²) in [6.45, 7) is 4.33. The number of carbonyl (C=O) groups is 1. The maximum Gasteiger partial charge on any atom is 0.238 e. The van der Waals surface area contributed by atoms with Gasteiger partial charge in [0, 0.05) is 20.1 Å². The third-order valence-corrected chi connectivity index (χ3v) is 4.88. The third-order valence-electron chi connectivity index (χ3n) is 3.97. The van der Waals surface area contributed by atoms with Gasteiger partial charge >= 0.3 is 0 Å². The van der Waals surface area contributed by atoms with Gasteiger partial charge < -0.3 is 10.2 Å². The lowest BCUT2D eigenvalue weighted by molar-refractivity contribution is -0.122. The van der Waals surface area contributed by atoms with Gasteiger partial charge in [-0.3, -0.25) is 4.79 Å². The Balaban J connectivity index is 2.49. The molecule has 0 radical (unpaired) electrons. The van der Waals surface area contributed by atoms with E-state index in [1.807, 2.05) is 6.92 Å². The Hall–Kier alpha value is -1.44. The van der Waals surface area contributed by atoms with Gasteiger partial charge in [-0.15, -0.1) is 0 Å². The molecule has 6 nitrogen and oxygen atoms in total. The fourth-order valence-electron chi connectivity index (χ4n) is 2.73. The number of hydrogen-bond donors (Lipinski definition) is 2. The van der Waals surface area contributed by atoms with Crippen molar-refractivity contribution in [1.29, 1.82) is 0 Å². The SMILES string of the molecule is CCN1CCc2cc(S(N)(=O)=O)ccc2C(C(=O)NC)C1. The molecule has 0 bridgehead atoms. The summed E-state index contributed by atoms with van der Waals surface area (Å²) in [5.41, 5.74) is 1.77. The normalized spacial score (nSPS) is 19.7. The van der Waals surface area contributed by atoms with Crippen LogP contribution in [0.25, 0.3) is 0 Å². The van der Waals surface area contributed by atoms with Gasteiger partial charge in [0.05, 0.1) is 10.8 Å².